The summed E-state index contributed by atoms with van der Waals surface area (Å²) in [6, 6.07) is 5.83. The van der Waals surface area contributed by atoms with E-state index in [1.807, 2.05) is 23.6 Å². The van der Waals surface area contributed by atoms with Crippen LogP contribution in [0, 0.1) is 0 Å². The lowest BCUT2D eigenvalue weighted by Crippen LogP contribution is -1.92. The molecule has 0 saturated carbocycles. The molecule has 0 aliphatic rings. The average Bonchev–Trinajstić information content (AvgIpc) is 2.76. The van der Waals surface area contributed by atoms with E-state index in [0.717, 1.165) is 18.0 Å². The van der Waals surface area contributed by atoms with E-state index in [9.17, 15) is 5.11 Å². The molecule has 2 rings (SSSR count). The first-order valence-corrected chi connectivity index (χ1v) is 7.13. The predicted molar refractivity (Wildman–Crippen MR) is 68.1 cm³/mol. The Morgan fingerprint density at radius 1 is 1.29 bits per heavy atom. The maximum Gasteiger partial charge on any atom is 0.122 e. The van der Waals surface area contributed by atoms with Gasteiger partial charge in [0, 0.05) is 14.2 Å². The van der Waals surface area contributed by atoms with Gasteiger partial charge in [-0.2, -0.15) is 0 Å². The highest BCUT2D eigenvalue weighted by Crippen LogP contribution is 2.38. The van der Waals surface area contributed by atoms with Gasteiger partial charge in [-0.25, -0.2) is 0 Å². The fraction of sp³-hybridized carbons (Fsp3) is 0.111. The molecule has 0 aromatic carbocycles. The second-order valence-corrected chi connectivity index (χ2v) is 6.92. The van der Waals surface area contributed by atoms with Crippen LogP contribution in [-0.2, 0) is 0 Å². The SMILES string of the molecule is OC(c1cccs1)c1cc(Br)c(Br)s1. The largest absolute Gasteiger partial charge is 0.382 e. The molecule has 1 atom stereocenters. The van der Waals surface area contributed by atoms with Gasteiger partial charge < -0.3 is 5.11 Å². The summed E-state index contributed by atoms with van der Waals surface area (Å²) in [6.45, 7) is 0. The molecule has 0 spiro atoms. The van der Waals surface area contributed by atoms with Crippen LogP contribution in [0.3, 0.4) is 0 Å². The molecule has 5 heteroatoms. The van der Waals surface area contributed by atoms with Crippen LogP contribution in [0.4, 0.5) is 0 Å². The van der Waals surface area contributed by atoms with E-state index in [1.54, 1.807) is 22.7 Å². The summed E-state index contributed by atoms with van der Waals surface area (Å²) in [5, 5.41) is 12.0. The molecule has 2 aromatic heterocycles. The Balaban J connectivity index is 2.32. The van der Waals surface area contributed by atoms with E-state index in [1.165, 1.54) is 0 Å². The van der Waals surface area contributed by atoms with Crippen molar-refractivity contribution in [3.8, 4) is 0 Å². The molecule has 1 unspecified atom stereocenters. The van der Waals surface area contributed by atoms with E-state index >= 15 is 0 Å². The highest BCUT2D eigenvalue weighted by Gasteiger charge is 2.15. The summed E-state index contributed by atoms with van der Waals surface area (Å²) in [5.74, 6) is 0. The van der Waals surface area contributed by atoms with Crippen molar-refractivity contribution in [2.45, 2.75) is 6.10 Å². The highest BCUT2D eigenvalue weighted by molar-refractivity contribution is 9.13. The first kappa shape index (κ1) is 10.8. The molecule has 0 bridgehead atoms. The van der Waals surface area contributed by atoms with Crippen LogP contribution < -0.4 is 0 Å². The third-order valence-corrected chi connectivity index (χ3v) is 5.98. The lowest BCUT2D eigenvalue weighted by molar-refractivity contribution is 0.228. The highest BCUT2D eigenvalue weighted by atomic mass is 79.9. The summed E-state index contributed by atoms with van der Waals surface area (Å²) < 4.78 is 2.01. The minimum atomic E-state index is -0.498. The number of halogens is 2. The maximum absolute atomic E-state index is 10.00. The maximum atomic E-state index is 10.00. The zero-order valence-electron chi connectivity index (χ0n) is 6.91. The standard InChI is InChI=1S/C9H6Br2OS2/c10-5-4-7(14-9(5)11)8(12)6-2-1-3-13-6/h1-4,8,12H. The van der Waals surface area contributed by atoms with Crippen molar-refractivity contribution < 1.29 is 5.11 Å². The zero-order chi connectivity index (χ0) is 10.1. The Morgan fingerprint density at radius 2 is 2.07 bits per heavy atom. The average molecular weight is 354 g/mol. The summed E-state index contributed by atoms with van der Waals surface area (Å²) in [6.07, 6.45) is -0.498. The van der Waals surface area contributed by atoms with E-state index in [-0.39, 0.29) is 0 Å². The fourth-order valence-corrected chi connectivity index (χ4v) is 3.98. The Kier molecular flexibility index (Phi) is 3.44. The number of aliphatic hydroxyl groups excluding tert-OH is 1. The first-order chi connectivity index (χ1) is 6.68. The second kappa shape index (κ2) is 4.45. The molecular formula is C9H6Br2OS2. The summed E-state index contributed by atoms with van der Waals surface area (Å²) in [5.41, 5.74) is 0. The summed E-state index contributed by atoms with van der Waals surface area (Å²) in [4.78, 5) is 1.93. The molecular weight excluding hydrogens is 348 g/mol. The molecule has 2 aromatic rings. The Bertz CT molecular complexity index is 402. The molecule has 2 heterocycles. The lowest BCUT2D eigenvalue weighted by atomic mass is 10.2. The topological polar surface area (TPSA) is 20.2 Å². The molecule has 0 aliphatic heterocycles. The van der Waals surface area contributed by atoms with E-state index in [0.29, 0.717) is 0 Å². The minimum Gasteiger partial charge on any atom is -0.382 e. The number of rotatable bonds is 2. The van der Waals surface area contributed by atoms with Gasteiger partial charge in [-0.05, 0) is 49.4 Å². The number of hydrogen-bond donors (Lipinski definition) is 1. The molecule has 0 amide bonds. The van der Waals surface area contributed by atoms with Gasteiger partial charge in [0.1, 0.15) is 6.10 Å². The van der Waals surface area contributed by atoms with Crippen LogP contribution in [0.5, 0.6) is 0 Å². The van der Waals surface area contributed by atoms with Crippen LogP contribution in [0.15, 0.2) is 31.8 Å². The lowest BCUT2D eigenvalue weighted by Gasteiger charge is -2.03. The van der Waals surface area contributed by atoms with Crippen molar-refractivity contribution >= 4 is 54.5 Å². The molecule has 74 valence electrons. The van der Waals surface area contributed by atoms with Crippen molar-refractivity contribution in [3.05, 3.63) is 41.6 Å². The smallest absolute Gasteiger partial charge is 0.122 e. The first-order valence-electron chi connectivity index (χ1n) is 3.84. The van der Waals surface area contributed by atoms with E-state index < -0.39 is 6.10 Å². The van der Waals surface area contributed by atoms with E-state index in [2.05, 4.69) is 31.9 Å². The van der Waals surface area contributed by atoms with Gasteiger partial charge in [0.2, 0.25) is 0 Å². The van der Waals surface area contributed by atoms with Crippen LogP contribution in [0.1, 0.15) is 15.9 Å². The van der Waals surface area contributed by atoms with Crippen LogP contribution in [0.2, 0.25) is 0 Å². The number of thiophene rings is 2. The van der Waals surface area contributed by atoms with Gasteiger partial charge in [0.15, 0.2) is 0 Å². The van der Waals surface area contributed by atoms with Gasteiger partial charge in [-0.1, -0.05) is 6.07 Å². The summed E-state index contributed by atoms with van der Waals surface area (Å²) >= 11 is 9.93. The summed E-state index contributed by atoms with van der Waals surface area (Å²) in [7, 11) is 0. The minimum absolute atomic E-state index is 0.498. The molecule has 0 saturated heterocycles. The Labute approximate surface area is 107 Å². The zero-order valence-corrected chi connectivity index (χ0v) is 11.7. The van der Waals surface area contributed by atoms with Crippen LogP contribution in [0.25, 0.3) is 0 Å². The van der Waals surface area contributed by atoms with Crippen LogP contribution >= 0.6 is 54.5 Å². The predicted octanol–water partition coefficient (Wildman–Crippen LogP) is 4.42. The Hall–Kier alpha value is 0.320. The monoisotopic (exact) mass is 352 g/mol. The third kappa shape index (κ3) is 2.12. The fourth-order valence-electron chi connectivity index (χ4n) is 1.09. The number of aliphatic hydroxyl groups is 1. The Morgan fingerprint density at radius 3 is 2.57 bits per heavy atom. The number of hydrogen-bond acceptors (Lipinski definition) is 3. The second-order valence-electron chi connectivity index (χ2n) is 2.69. The van der Waals surface area contributed by atoms with Gasteiger partial charge in [-0.15, -0.1) is 22.7 Å². The van der Waals surface area contributed by atoms with E-state index in [4.69, 9.17) is 0 Å². The van der Waals surface area contributed by atoms with Crippen molar-refractivity contribution in [3.63, 3.8) is 0 Å². The molecule has 0 radical (unpaired) electrons. The normalized spacial score (nSPS) is 13.1. The molecule has 1 N–H and O–H groups in total. The van der Waals surface area contributed by atoms with Crippen molar-refractivity contribution in [2.75, 3.05) is 0 Å². The molecule has 14 heavy (non-hydrogen) atoms. The van der Waals surface area contributed by atoms with Gasteiger partial charge in [-0.3, -0.25) is 0 Å². The van der Waals surface area contributed by atoms with Gasteiger partial charge in [0.25, 0.3) is 0 Å². The third-order valence-electron chi connectivity index (χ3n) is 1.75. The van der Waals surface area contributed by atoms with Crippen molar-refractivity contribution in [1.82, 2.24) is 0 Å². The van der Waals surface area contributed by atoms with Crippen LogP contribution in [-0.4, -0.2) is 5.11 Å². The molecule has 1 nitrogen and oxygen atoms in total. The van der Waals surface area contributed by atoms with Gasteiger partial charge in [0.05, 0.1) is 3.79 Å². The molecule has 0 fully saturated rings. The van der Waals surface area contributed by atoms with Crippen molar-refractivity contribution in [2.24, 2.45) is 0 Å². The van der Waals surface area contributed by atoms with Gasteiger partial charge >= 0.3 is 0 Å². The van der Waals surface area contributed by atoms with Crippen molar-refractivity contribution in [1.29, 1.82) is 0 Å². The quantitative estimate of drug-likeness (QED) is 0.847. The molecule has 0 aliphatic carbocycles.